The summed E-state index contributed by atoms with van der Waals surface area (Å²) in [7, 11) is 0. The molecule has 38 heavy (non-hydrogen) atoms. The number of hydrogen-bond donors (Lipinski definition) is 0. The first-order valence-electron chi connectivity index (χ1n) is 12.8. The van der Waals surface area contributed by atoms with Crippen LogP contribution in [-0.2, 0) is 0 Å². The van der Waals surface area contributed by atoms with E-state index in [9.17, 15) is 0 Å². The highest BCUT2D eigenvalue weighted by Gasteiger charge is 2.17. The minimum Gasteiger partial charge on any atom is -0.264 e. The van der Waals surface area contributed by atoms with Crippen LogP contribution in [0.15, 0.2) is 128 Å². The Labute approximate surface area is 219 Å². The van der Waals surface area contributed by atoms with E-state index < -0.39 is 0 Å². The number of benzene rings is 5. The van der Waals surface area contributed by atoms with E-state index >= 15 is 0 Å². The highest BCUT2D eigenvalue weighted by Crippen LogP contribution is 2.42. The van der Waals surface area contributed by atoms with Crippen LogP contribution in [0, 0.1) is 0 Å². The van der Waals surface area contributed by atoms with Crippen molar-refractivity contribution < 1.29 is 0 Å². The van der Waals surface area contributed by atoms with Crippen LogP contribution in [0.4, 0.5) is 0 Å². The third kappa shape index (κ3) is 3.06. The molecule has 0 fully saturated rings. The lowest BCUT2D eigenvalue weighted by Crippen LogP contribution is -1.94. The third-order valence-electron chi connectivity index (χ3n) is 7.57. The monoisotopic (exact) mass is 483 g/mol. The van der Waals surface area contributed by atoms with Gasteiger partial charge in [-0.2, -0.15) is 0 Å². The lowest BCUT2D eigenvalue weighted by Gasteiger charge is -2.16. The Kier molecular flexibility index (Phi) is 4.52. The first-order valence-corrected chi connectivity index (χ1v) is 12.8. The molecule has 5 aromatic carbocycles. The molecule has 0 aliphatic rings. The molecule has 0 spiro atoms. The molecular weight excluding hydrogens is 462 g/mol. The molecule has 0 radical (unpaired) electrons. The van der Waals surface area contributed by atoms with E-state index in [0.29, 0.717) is 0 Å². The molecule has 3 nitrogen and oxygen atoms in total. The van der Waals surface area contributed by atoms with Crippen LogP contribution < -0.4 is 0 Å². The minimum atomic E-state index is 0.982. The molecule has 0 saturated carbocycles. The Morgan fingerprint density at radius 2 is 1.18 bits per heavy atom. The highest BCUT2D eigenvalue weighted by molar-refractivity contribution is 6.28. The van der Waals surface area contributed by atoms with Gasteiger partial charge in [-0.1, -0.05) is 84.9 Å². The van der Waals surface area contributed by atoms with E-state index in [1.807, 2.05) is 24.7 Å². The molecule has 0 atom stereocenters. The number of hydrogen-bond acceptors (Lipinski definition) is 3. The summed E-state index contributed by atoms with van der Waals surface area (Å²) in [6.07, 6.45) is 5.71. The van der Waals surface area contributed by atoms with Crippen molar-refractivity contribution in [3.05, 3.63) is 128 Å². The molecule has 176 valence electrons. The number of rotatable bonds is 2. The van der Waals surface area contributed by atoms with Crippen molar-refractivity contribution in [2.45, 2.75) is 0 Å². The second-order valence-corrected chi connectivity index (χ2v) is 9.65. The summed E-state index contributed by atoms with van der Waals surface area (Å²) in [6.45, 7) is 0. The lowest BCUT2D eigenvalue weighted by atomic mass is 9.90. The van der Waals surface area contributed by atoms with Gasteiger partial charge in [0, 0.05) is 56.6 Å². The summed E-state index contributed by atoms with van der Waals surface area (Å²) in [5, 5.41) is 9.37. The molecule has 0 aliphatic heterocycles. The van der Waals surface area contributed by atoms with E-state index in [-0.39, 0.29) is 0 Å². The van der Waals surface area contributed by atoms with Crippen LogP contribution >= 0.6 is 0 Å². The molecule has 0 N–H and O–H groups in total. The van der Waals surface area contributed by atoms with Crippen molar-refractivity contribution in [2.24, 2.45) is 0 Å². The molecule has 0 amide bonds. The van der Waals surface area contributed by atoms with E-state index in [2.05, 4.69) is 108 Å². The van der Waals surface area contributed by atoms with E-state index in [0.717, 1.165) is 44.0 Å². The van der Waals surface area contributed by atoms with Gasteiger partial charge in [0.05, 0.1) is 16.7 Å². The quantitative estimate of drug-likeness (QED) is 0.230. The summed E-state index contributed by atoms with van der Waals surface area (Å²) in [4.78, 5) is 14.5. The van der Waals surface area contributed by atoms with Gasteiger partial charge in [-0.3, -0.25) is 9.97 Å². The van der Waals surface area contributed by atoms with E-state index in [4.69, 9.17) is 9.97 Å². The van der Waals surface area contributed by atoms with Crippen molar-refractivity contribution in [1.82, 2.24) is 15.0 Å². The van der Waals surface area contributed by atoms with Crippen LogP contribution in [-0.4, -0.2) is 15.0 Å². The van der Waals surface area contributed by atoms with Crippen LogP contribution in [0.25, 0.3) is 76.5 Å². The number of fused-ring (bicyclic) bond motifs is 8. The topological polar surface area (TPSA) is 38.7 Å². The van der Waals surface area contributed by atoms with Crippen LogP contribution in [0.1, 0.15) is 0 Å². The van der Waals surface area contributed by atoms with Crippen LogP contribution in [0.3, 0.4) is 0 Å². The van der Waals surface area contributed by atoms with Crippen molar-refractivity contribution >= 4 is 54.1 Å². The van der Waals surface area contributed by atoms with Gasteiger partial charge in [0.25, 0.3) is 0 Å². The number of para-hydroxylation sites is 1. The Morgan fingerprint density at radius 1 is 0.447 bits per heavy atom. The molecule has 8 aromatic rings. The van der Waals surface area contributed by atoms with Crippen LogP contribution in [0.2, 0.25) is 0 Å². The summed E-state index contributed by atoms with van der Waals surface area (Å²) >= 11 is 0. The molecule has 8 rings (SSSR count). The molecule has 0 unspecified atom stereocenters. The summed E-state index contributed by atoms with van der Waals surface area (Å²) in [5.74, 6) is 0. The average molecular weight is 484 g/mol. The zero-order chi connectivity index (χ0) is 25.1. The Morgan fingerprint density at radius 3 is 2.03 bits per heavy atom. The molecule has 0 aliphatic carbocycles. The fourth-order valence-corrected chi connectivity index (χ4v) is 5.87. The largest absolute Gasteiger partial charge is 0.264 e. The van der Waals surface area contributed by atoms with Crippen molar-refractivity contribution in [2.75, 3.05) is 0 Å². The van der Waals surface area contributed by atoms with Gasteiger partial charge < -0.3 is 0 Å². The van der Waals surface area contributed by atoms with Gasteiger partial charge in [0.1, 0.15) is 0 Å². The summed E-state index contributed by atoms with van der Waals surface area (Å²) < 4.78 is 0. The SMILES string of the molecule is c1cncc(-c2ccc(-c3nc4ccccc4c4c3ccc3ncc5ccccc5c34)c3ccccc23)c1. The van der Waals surface area contributed by atoms with Crippen molar-refractivity contribution in [1.29, 1.82) is 0 Å². The Balaban J connectivity index is 1.54. The van der Waals surface area contributed by atoms with Gasteiger partial charge in [-0.25, -0.2) is 4.98 Å². The maximum Gasteiger partial charge on any atom is 0.0794 e. The standard InChI is InChI=1S/C35H21N3/c1-2-10-25-23(8-1)21-37-32-18-17-30-33(34(25)32)29-13-5-6-14-31(29)38-35(30)28-16-15-24(22-9-7-19-36-20-22)26-11-3-4-12-27(26)28/h1-21H. The number of aromatic nitrogens is 3. The van der Waals surface area contributed by atoms with Crippen molar-refractivity contribution in [3.8, 4) is 22.4 Å². The minimum absolute atomic E-state index is 0.982. The van der Waals surface area contributed by atoms with E-state index in [1.54, 1.807) is 0 Å². The predicted molar refractivity (Wildman–Crippen MR) is 158 cm³/mol. The summed E-state index contributed by atoms with van der Waals surface area (Å²) in [6, 6.07) is 38.4. The Hall–Kier alpha value is -5.15. The average Bonchev–Trinajstić information content (AvgIpc) is 3.00. The maximum atomic E-state index is 5.28. The maximum absolute atomic E-state index is 5.28. The molecular formula is C35H21N3. The van der Waals surface area contributed by atoms with Gasteiger partial charge in [-0.15, -0.1) is 0 Å². The third-order valence-corrected chi connectivity index (χ3v) is 7.57. The van der Waals surface area contributed by atoms with Crippen molar-refractivity contribution in [3.63, 3.8) is 0 Å². The molecule has 0 saturated heterocycles. The fourth-order valence-electron chi connectivity index (χ4n) is 5.87. The highest BCUT2D eigenvalue weighted by atomic mass is 14.7. The molecule has 0 bridgehead atoms. The second kappa shape index (κ2) is 8.19. The zero-order valence-corrected chi connectivity index (χ0v) is 20.5. The first-order chi connectivity index (χ1) is 18.9. The normalized spacial score (nSPS) is 11.7. The van der Waals surface area contributed by atoms with Gasteiger partial charge in [0.15, 0.2) is 0 Å². The first kappa shape index (κ1) is 21.0. The number of nitrogens with zero attached hydrogens (tertiary/aromatic N) is 3. The lowest BCUT2D eigenvalue weighted by molar-refractivity contribution is 1.33. The number of pyridine rings is 3. The predicted octanol–water partition coefficient (Wildman–Crippen LogP) is 8.97. The molecule has 3 aromatic heterocycles. The van der Waals surface area contributed by atoms with Gasteiger partial charge in [0.2, 0.25) is 0 Å². The fraction of sp³-hybridized carbons (Fsp3) is 0. The molecule has 3 heterocycles. The molecule has 3 heteroatoms. The summed E-state index contributed by atoms with van der Waals surface area (Å²) in [5.41, 5.74) is 6.36. The van der Waals surface area contributed by atoms with E-state index in [1.165, 1.54) is 32.5 Å². The zero-order valence-electron chi connectivity index (χ0n) is 20.5. The van der Waals surface area contributed by atoms with Gasteiger partial charge >= 0.3 is 0 Å². The smallest absolute Gasteiger partial charge is 0.0794 e. The second-order valence-electron chi connectivity index (χ2n) is 9.65. The van der Waals surface area contributed by atoms with Crippen LogP contribution in [0.5, 0.6) is 0 Å². The Bertz CT molecular complexity index is 2180. The van der Waals surface area contributed by atoms with Gasteiger partial charge in [-0.05, 0) is 46.0 Å².